The zero-order valence-electron chi connectivity index (χ0n) is 10.2. The molecule has 1 aliphatic rings. The van der Waals surface area contributed by atoms with Crippen LogP contribution in [0.2, 0.25) is 0 Å². The molecule has 1 unspecified atom stereocenters. The van der Waals surface area contributed by atoms with Gasteiger partial charge in [0.05, 0.1) is 7.11 Å². The highest BCUT2D eigenvalue weighted by molar-refractivity contribution is 8.13. The Morgan fingerprint density at radius 3 is 2.88 bits per heavy atom. The molecule has 0 saturated heterocycles. The molecule has 1 N–H and O–H groups in total. The molecule has 16 heavy (non-hydrogen) atoms. The van der Waals surface area contributed by atoms with Gasteiger partial charge in [-0.1, -0.05) is 25.6 Å². The van der Waals surface area contributed by atoms with Gasteiger partial charge in [0.2, 0.25) is 0 Å². The second kappa shape index (κ2) is 6.78. The van der Waals surface area contributed by atoms with E-state index < -0.39 is 0 Å². The van der Waals surface area contributed by atoms with Crippen molar-refractivity contribution in [1.29, 1.82) is 0 Å². The number of methoxy groups -OCH3 is 1. The normalized spacial score (nSPS) is 17.9. The van der Waals surface area contributed by atoms with Crippen LogP contribution in [0.4, 0.5) is 0 Å². The molecule has 0 aliphatic carbocycles. The Labute approximate surface area is 101 Å². The van der Waals surface area contributed by atoms with E-state index in [0.717, 1.165) is 30.3 Å². The third-order valence-corrected chi connectivity index (χ3v) is 3.30. The van der Waals surface area contributed by atoms with Gasteiger partial charge in [-0.3, -0.25) is 4.99 Å². The third kappa shape index (κ3) is 4.43. The number of amidine groups is 1. The van der Waals surface area contributed by atoms with Crippen LogP contribution < -0.4 is 5.32 Å². The van der Waals surface area contributed by atoms with E-state index in [2.05, 4.69) is 24.2 Å². The standard InChI is InChI=1S/C11H20N2O2S/c1-8(2)7-9(10(14)15-3)13-11-12-5-4-6-16-11/h8-9H,4-7H2,1-3H3,(H,12,13). The number of rotatable bonds is 4. The lowest BCUT2D eigenvalue weighted by Gasteiger charge is -2.21. The lowest BCUT2D eigenvalue weighted by atomic mass is 10.0. The molecule has 0 saturated carbocycles. The third-order valence-electron chi connectivity index (χ3n) is 2.29. The minimum atomic E-state index is -0.269. The number of hydrogen-bond donors (Lipinski definition) is 1. The summed E-state index contributed by atoms with van der Waals surface area (Å²) in [4.78, 5) is 15.9. The Balaban J connectivity index is 2.54. The van der Waals surface area contributed by atoms with Crippen molar-refractivity contribution in [3.05, 3.63) is 0 Å². The van der Waals surface area contributed by atoms with Crippen molar-refractivity contribution < 1.29 is 9.53 Å². The van der Waals surface area contributed by atoms with Gasteiger partial charge >= 0.3 is 5.97 Å². The number of aliphatic imine (C=N–C) groups is 1. The molecule has 0 radical (unpaired) electrons. The SMILES string of the molecule is COC(=O)C(CC(C)C)NC1=NCCCS1. The zero-order valence-corrected chi connectivity index (χ0v) is 11.0. The zero-order chi connectivity index (χ0) is 12.0. The van der Waals surface area contributed by atoms with Crippen molar-refractivity contribution in [2.24, 2.45) is 10.9 Å². The summed E-state index contributed by atoms with van der Waals surface area (Å²) in [5.41, 5.74) is 0. The van der Waals surface area contributed by atoms with Crippen LogP contribution in [0.5, 0.6) is 0 Å². The van der Waals surface area contributed by atoms with Crippen molar-refractivity contribution in [1.82, 2.24) is 5.32 Å². The molecule has 0 aromatic heterocycles. The van der Waals surface area contributed by atoms with E-state index >= 15 is 0 Å². The Hall–Kier alpha value is -0.710. The lowest BCUT2D eigenvalue weighted by molar-refractivity contribution is -0.143. The average molecular weight is 244 g/mol. The first-order valence-corrected chi connectivity index (χ1v) is 6.63. The van der Waals surface area contributed by atoms with Gasteiger partial charge in [0.25, 0.3) is 0 Å². The molecule has 4 nitrogen and oxygen atoms in total. The first kappa shape index (κ1) is 13.4. The maximum absolute atomic E-state index is 11.6. The summed E-state index contributed by atoms with van der Waals surface area (Å²) in [5, 5.41) is 4.05. The van der Waals surface area contributed by atoms with E-state index in [4.69, 9.17) is 4.74 Å². The van der Waals surface area contributed by atoms with E-state index in [1.165, 1.54) is 7.11 Å². The summed E-state index contributed by atoms with van der Waals surface area (Å²) in [7, 11) is 1.42. The number of carbonyl (C=O) groups excluding carboxylic acids is 1. The van der Waals surface area contributed by atoms with E-state index in [0.29, 0.717) is 5.92 Å². The highest BCUT2D eigenvalue weighted by Crippen LogP contribution is 2.13. The Morgan fingerprint density at radius 1 is 1.62 bits per heavy atom. The molecule has 92 valence electrons. The fourth-order valence-electron chi connectivity index (χ4n) is 1.52. The van der Waals surface area contributed by atoms with E-state index in [9.17, 15) is 4.79 Å². The summed E-state index contributed by atoms with van der Waals surface area (Å²) in [6, 6.07) is -0.269. The number of carbonyl (C=O) groups is 1. The highest BCUT2D eigenvalue weighted by Gasteiger charge is 2.22. The number of nitrogens with zero attached hydrogens (tertiary/aromatic N) is 1. The summed E-state index contributed by atoms with van der Waals surface area (Å²) in [5.74, 6) is 1.31. The predicted molar refractivity (Wildman–Crippen MR) is 67.8 cm³/mol. The van der Waals surface area contributed by atoms with Gasteiger partial charge in [0.1, 0.15) is 6.04 Å². The van der Waals surface area contributed by atoms with Crippen molar-refractivity contribution in [2.75, 3.05) is 19.4 Å². The average Bonchev–Trinajstić information content (AvgIpc) is 2.28. The van der Waals surface area contributed by atoms with Crippen LogP contribution in [0.15, 0.2) is 4.99 Å². The number of hydrogen-bond acceptors (Lipinski definition) is 5. The summed E-state index contributed by atoms with van der Waals surface area (Å²) < 4.78 is 4.79. The highest BCUT2D eigenvalue weighted by atomic mass is 32.2. The smallest absolute Gasteiger partial charge is 0.328 e. The number of thioether (sulfide) groups is 1. The number of esters is 1. The predicted octanol–water partition coefficient (Wildman–Crippen LogP) is 1.66. The van der Waals surface area contributed by atoms with Crippen LogP contribution in [0.25, 0.3) is 0 Å². The first-order valence-electron chi connectivity index (χ1n) is 5.65. The van der Waals surface area contributed by atoms with Gasteiger partial charge in [-0.25, -0.2) is 4.79 Å². The fraction of sp³-hybridized carbons (Fsp3) is 0.818. The molecule has 0 spiro atoms. The van der Waals surface area contributed by atoms with Gasteiger partial charge in [0.15, 0.2) is 5.17 Å². The maximum Gasteiger partial charge on any atom is 0.328 e. The van der Waals surface area contributed by atoms with Gasteiger partial charge in [-0.15, -0.1) is 0 Å². The van der Waals surface area contributed by atoms with Crippen molar-refractivity contribution in [3.63, 3.8) is 0 Å². The quantitative estimate of drug-likeness (QED) is 0.764. The molecule has 0 aromatic carbocycles. The van der Waals surface area contributed by atoms with Crippen LogP contribution in [0.1, 0.15) is 26.7 Å². The maximum atomic E-state index is 11.6. The van der Waals surface area contributed by atoms with Crippen LogP contribution >= 0.6 is 11.8 Å². The van der Waals surface area contributed by atoms with Crippen LogP contribution in [-0.4, -0.2) is 36.6 Å². The molecule has 5 heteroatoms. The second-order valence-corrected chi connectivity index (χ2v) is 5.32. The molecule has 1 rings (SSSR count). The Kier molecular flexibility index (Phi) is 5.66. The van der Waals surface area contributed by atoms with Gasteiger partial charge in [-0.2, -0.15) is 0 Å². The topological polar surface area (TPSA) is 50.7 Å². The van der Waals surface area contributed by atoms with Crippen molar-refractivity contribution >= 4 is 22.9 Å². The second-order valence-electron chi connectivity index (χ2n) is 4.24. The van der Waals surface area contributed by atoms with Crippen LogP contribution in [0.3, 0.4) is 0 Å². The molecule has 1 atom stereocenters. The van der Waals surface area contributed by atoms with Crippen LogP contribution in [-0.2, 0) is 9.53 Å². The minimum Gasteiger partial charge on any atom is -0.467 e. The Bertz CT molecular complexity index is 267. The minimum absolute atomic E-state index is 0.206. The summed E-state index contributed by atoms with van der Waals surface area (Å²) >= 11 is 1.68. The Morgan fingerprint density at radius 2 is 2.38 bits per heavy atom. The molecule has 0 bridgehead atoms. The van der Waals surface area contributed by atoms with Crippen molar-refractivity contribution in [2.45, 2.75) is 32.7 Å². The van der Waals surface area contributed by atoms with E-state index in [-0.39, 0.29) is 12.0 Å². The summed E-state index contributed by atoms with van der Waals surface area (Å²) in [6.07, 6.45) is 1.88. The van der Waals surface area contributed by atoms with Crippen LogP contribution in [0, 0.1) is 5.92 Å². The number of ether oxygens (including phenoxy) is 1. The molecular formula is C11H20N2O2S. The van der Waals surface area contributed by atoms with E-state index in [1.54, 1.807) is 11.8 Å². The molecule has 0 fully saturated rings. The number of nitrogens with one attached hydrogen (secondary N) is 1. The molecule has 1 heterocycles. The molecule has 0 aromatic rings. The van der Waals surface area contributed by atoms with E-state index in [1.807, 2.05) is 0 Å². The molecular weight excluding hydrogens is 224 g/mol. The molecule has 1 aliphatic heterocycles. The lowest BCUT2D eigenvalue weighted by Crippen LogP contribution is -2.42. The monoisotopic (exact) mass is 244 g/mol. The molecule has 0 amide bonds. The largest absolute Gasteiger partial charge is 0.467 e. The van der Waals surface area contributed by atoms with Crippen molar-refractivity contribution in [3.8, 4) is 0 Å². The summed E-state index contributed by atoms with van der Waals surface area (Å²) in [6.45, 7) is 5.03. The van der Waals surface area contributed by atoms with Gasteiger partial charge in [0, 0.05) is 12.3 Å². The fourth-order valence-corrected chi connectivity index (χ4v) is 2.40. The van der Waals surface area contributed by atoms with Gasteiger partial charge in [-0.05, 0) is 18.8 Å². The first-order chi connectivity index (χ1) is 7.63. The van der Waals surface area contributed by atoms with Gasteiger partial charge < -0.3 is 10.1 Å².